The average Bonchev–Trinajstić information content (AvgIpc) is 2.36. The molecule has 1 N–H and O–H groups in total. The van der Waals surface area contributed by atoms with E-state index in [1.165, 1.54) is 0 Å². The molecule has 2 nitrogen and oxygen atoms in total. The van der Waals surface area contributed by atoms with E-state index in [4.69, 9.17) is 0 Å². The van der Waals surface area contributed by atoms with Crippen LogP contribution in [0.5, 0.6) is 0 Å². The van der Waals surface area contributed by atoms with E-state index in [1.807, 2.05) is 13.8 Å². The van der Waals surface area contributed by atoms with Gasteiger partial charge in [0.2, 0.25) is 0 Å². The Balaban J connectivity index is 0.000001000. The Kier molecular flexibility index (Phi) is 2.44. The fourth-order valence-electron chi connectivity index (χ4n) is 1.33. The number of nitrogens with one attached hydrogen (secondary N) is 1. The molecule has 0 aromatic heterocycles. The maximum atomic E-state index is 11.3. The summed E-state index contributed by atoms with van der Waals surface area (Å²) < 4.78 is 0. The molecule has 0 aliphatic carbocycles. The molecule has 0 spiro atoms. The lowest BCUT2D eigenvalue weighted by molar-refractivity contribution is -0.123. The van der Waals surface area contributed by atoms with E-state index in [9.17, 15) is 4.79 Å². The average molecular weight is 143 g/mol. The summed E-state index contributed by atoms with van der Waals surface area (Å²) in [6.45, 7) is 4.94. The number of rotatable bonds is 2. The highest BCUT2D eigenvalue weighted by molar-refractivity contribution is 5.85. The molecule has 0 radical (unpaired) electrons. The van der Waals surface area contributed by atoms with Crippen LogP contribution in [0.2, 0.25) is 0 Å². The fourth-order valence-corrected chi connectivity index (χ4v) is 1.33. The summed E-state index contributed by atoms with van der Waals surface area (Å²) in [5.74, 6) is 0.563. The van der Waals surface area contributed by atoms with Gasteiger partial charge in [0.25, 0.3) is 0 Å². The first-order valence-electron chi connectivity index (χ1n) is 3.99. The van der Waals surface area contributed by atoms with Crippen molar-refractivity contribution in [2.75, 3.05) is 6.54 Å². The zero-order chi connectivity index (χ0) is 7.56. The van der Waals surface area contributed by atoms with Gasteiger partial charge in [0, 0.05) is 7.34 Å². The van der Waals surface area contributed by atoms with Crippen LogP contribution in [0.3, 0.4) is 0 Å². The molecule has 60 valence electrons. The van der Waals surface area contributed by atoms with Crippen molar-refractivity contribution >= 4 is 5.78 Å². The monoisotopic (exact) mass is 143 g/mol. The Bertz CT molecular complexity index is 130. The SMILES string of the molecule is CC(C)C(=O)[C@H]1CCCN1.[HH]. The molecule has 2 heteroatoms. The Hall–Kier alpha value is -0.370. The van der Waals surface area contributed by atoms with Crippen LogP contribution in [0, 0.1) is 5.92 Å². The van der Waals surface area contributed by atoms with E-state index >= 15 is 0 Å². The molecule has 1 aliphatic heterocycles. The second kappa shape index (κ2) is 3.15. The quantitative estimate of drug-likeness (QED) is 0.629. The third kappa shape index (κ3) is 1.57. The first-order valence-corrected chi connectivity index (χ1v) is 3.99. The predicted octanol–water partition coefficient (Wildman–Crippen LogP) is 1.21. The zero-order valence-corrected chi connectivity index (χ0v) is 6.68. The van der Waals surface area contributed by atoms with Gasteiger partial charge in [-0.05, 0) is 19.4 Å². The van der Waals surface area contributed by atoms with E-state index in [-0.39, 0.29) is 13.4 Å². The molecule has 10 heavy (non-hydrogen) atoms. The molecule has 1 rings (SSSR count). The van der Waals surface area contributed by atoms with Gasteiger partial charge < -0.3 is 5.32 Å². The Morgan fingerprint density at radius 3 is 2.80 bits per heavy atom. The van der Waals surface area contributed by atoms with E-state index in [0.717, 1.165) is 19.4 Å². The molecule has 0 saturated carbocycles. The zero-order valence-electron chi connectivity index (χ0n) is 6.68. The van der Waals surface area contributed by atoms with Crippen LogP contribution >= 0.6 is 0 Å². The molecular weight excluding hydrogens is 126 g/mol. The fraction of sp³-hybridized carbons (Fsp3) is 0.875. The minimum absolute atomic E-state index is 0. The van der Waals surface area contributed by atoms with Gasteiger partial charge in [-0.3, -0.25) is 4.79 Å². The van der Waals surface area contributed by atoms with Gasteiger partial charge in [-0.1, -0.05) is 13.8 Å². The number of ketones is 1. The van der Waals surface area contributed by atoms with Gasteiger partial charge in [-0.15, -0.1) is 0 Å². The Morgan fingerprint density at radius 1 is 1.70 bits per heavy atom. The molecule has 0 aromatic rings. The summed E-state index contributed by atoms with van der Waals surface area (Å²) in [6, 6.07) is 0.167. The maximum absolute atomic E-state index is 11.3. The summed E-state index contributed by atoms with van der Waals surface area (Å²) in [5, 5.41) is 3.19. The van der Waals surface area contributed by atoms with Gasteiger partial charge in [0.05, 0.1) is 6.04 Å². The lowest BCUT2D eigenvalue weighted by Gasteiger charge is -2.10. The molecule has 0 unspecified atom stereocenters. The van der Waals surface area contributed by atoms with Crippen molar-refractivity contribution in [2.24, 2.45) is 5.92 Å². The lowest BCUT2D eigenvalue weighted by atomic mass is 10.0. The van der Waals surface area contributed by atoms with Crippen LogP contribution in [0.25, 0.3) is 0 Å². The smallest absolute Gasteiger partial charge is 0.152 e. The van der Waals surface area contributed by atoms with Crippen molar-refractivity contribution in [3.8, 4) is 0 Å². The highest BCUT2D eigenvalue weighted by atomic mass is 16.1. The number of carbonyl (C=O) groups is 1. The first kappa shape index (κ1) is 7.73. The maximum Gasteiger partial charge on any atom is 0.152 e. The van der Waals surface area contributed by atoms with Crippen molar-refractivity contribution in [3.63, 3.8) is 0 Å². The summed E-state index contributed by atoms with van der Waals surface area (Å²) >= 11 is 0. The molecule has 1 fully saturated rings. The van der Waals surface area contributed by atoms with Crippen LogP contribution in [0.4, 0.5) is 0 Å². The van der Waals surface area contributed by atoms with Gasteiger partial charge in [0.1, 0.15) is 0 Å². The third-order valence-electron chi connectivity index (χ3n) is 1.97. The molecule has 0 bridgehead atoms. The van der Waals surface area contributed by atoms with E-state index < -0.39 is 0 Å². The first-order chi connectivity index (χ1) is 4.72. The van der Waals surface area contributed by atoms with Crippen molar-refractivity contribution in [2.45, 2.75) is 32.7 Å². The third-order valence-corrected chi connectivity index (χ3v) is 1.97. The molecule has 0 amide bonds. The minimum Gasteiger partial charge on any atom is -0.307 e. The van der Waals surface area contributed by atoms with Gasteiger partial charge in [-0.25, -0.2) is 0 Å². The minimum atomic E-state index is 0. The summed E-state index contributed by atoms with van der Waals surface area (Å²) in [7, 11) is 0. The Labute approximate surface area is 63.5 Å². The molecule has 1 atom stereocenters. The van der Waals surface area contributed by atoms with Gasteiger partial charge in [0.15, 0.2) is 5.78 Å². The van der Waals surface area contributed by atoms with Crippen LogP contribution in [-0.2, 0) is 4.79 Å². The molecular formula is C8H17NO. The molecule has 0 aromatic carbocycles. The Morgan fingerprint density at radius 2 is 2.40 bits per heavy atom. The molecule has 1 aliphatic rings. The number of hydrogen-bond acceptors (Lipinski definition) is 2. The van der Waals surface area contributed by atoms with E-state index in [2.05, 4.69) is 5.32 Å². The second-order valence-electron chi connectivity index (χ2n) is 3.21. The molecule has 1 heterocycles. The number of hydrogen-bond donors (Lipinski definition) is 1. The van der Waals surface area contributed by atoms with Crippen molar-refractivity contribution in [1.29, 1.82) is 0 Å². The lowest BCUT2D eigenvalue weighted by Crippen LogP contribution is -2.33. The second-order valence-corrected chi connectivity index (χ2v) is 3.21. The van der Waals surface area contributed by atoms with Gasteiger partial charge in [-0.2, -0.15) is 0 Å². The van der Waals surface area contributed by atoms with Gasteiger partial charge >= 0.3 is 0 Å². The summed E-state index contributed by atoms with van der Waals surface area (Å²) in [4.78, 5) is 11.3. The van der Waals surface area contributed by atoms with Crippen molar-refractivity contribution < 1.29 is 6.22 Å². The highest BCUT2D eigenvalue weighted by Gasteiger charge is 2.23. The van der Waals surface area contributed by atoms with Crippen LogP contribution in [0.1, 0.15) is 28.1 Å². The summed E-state index contributed by atoms with van der Waals surface area (Å²) in [5.41, 5.74) is 0. The summed E-state index contributed by atoms with van der Waals surface area (Å²) in [6.07, 6.45) is 2.19. The van der Waals surface area contributed by atoms with Crippen molar-refractivity contribution in [1.82, 2.24) is 5.32 Å². The standard InChI is InChI=1S/C8H15NO.H2/c1-6(2)8(10)7-4-3-5-9-7;/h6-7,9H,3-5H2,1-2H3;1H/t7-;/m1./s1. The van der Waals surface area contributed by atoms with Crippen LogP contribution in [0.15, 0.2) is 0 Å². The highest BCUT2D eigenvalue weighted by Crippen LogP contribution is 2.10. The number of Topliss-reactive ketones (excluding diaryl/α,β-unsaturated/α-hetero) is 1. The van der Waals surface area contributed by atoms with Crippen LogP contribution < -0.4 is 5.32 Å². The van der Waals surface area contributed by atoms with E-state index in [0.29, 0.717) is 5.78 Å². The van der Waals surface area contributed by atoms with Crippen LogP contribution in [-0.4, -0.2) is 18.4 Å². The largest absolute Gasteiger partial charge is 0.307 e. The predicted molar refractivity (Wildman–Crippen MR) is 43.0 cm³/mol. The number of carbonyl (C=O) groups excluding carboxylic acids is 1. The molecule has 1 saturated heterocycles. The topological polar surface area (TPSA) is 29.1 Å². The van der Waals surface area contributed by atoms with E-state index in [1.54, 1.807) is 0 Å². The van der Waals surface area contributed by atoms with Crippen molar-refractivity contribution in [3.05, 3.63) is 0 Å². The normalized spacial score (nSPS) is 25.7.